The van der Waals surface area contributed by atoms with E-state index in [1.165, 1.54) is 18.3 Å². The molecule has 1 heterocycles. The molecule has 0 aliphatic carbocycles. The Labute approximate surface area is 98.0 Å². The van der Waals surface area contributed by atoms with Crippen molar-refractivity contribution in [3.05, 3.63) is 38.7 Å². The van der Waals surface area contributed by atoms with Gasteiger partial charge in [0.15, 0.2) is 0 Å². The molecular formula is C9H3BrCl2FN. The molecule has 5 heteroatoms. The van der Waals surface area contributed by atoms with E-state index in [9.17, 15) is 4.39 Å². The Morgan fingerprint density at radius 2 is 2.00 bits per heavy atom. The van der Waals surface area contributed by atoms with Gasteiger partial charge in [-0.05, 0) is 28.1 Å². The number of benzene rings is 1. The van der Waals surface area contributed by atoms with Gasteiger partial charge < -0.3 is 0 Å². The van der Waals surface area contributed by atoms with Gasteiger partial charge in [-0.25, -0.2) is 4.39 Å². The Hall–Kier alpha value is -0.380. The first-order valence-corrected chi connectivity index (χ1v) is 5.24. The summed E-state index contributed by atoms with van der Waals surface area (Å²) >= 11 is 14.9. The van der Waals surface area contributed by atoms with E-state index in [-0.39, 0.29) is 10.4 Å². The molecule has 1 nitrogen and oxygen atoms in total. The maximum atomic E-state index is 13.4. The van der Waals surface area contributed by atoms with Crippen LogP contribution in [0.25, 0.3) is 10.9 Å². The standard InChI is InChI=1S/C9H3BrCl2FN/c10-4-3-14-9-5(11)1-2-6(13)7(9)8(4)12/h1-3H. The second-order valence-electron chi connectivity index (χ2n) is 2.67. The first-order chi connectivity index (χ1) is 6.61. The maximum absolute atomic E-state index is 13.4. The van der Waals surface area contributed by atoms with Crippen LogP contribution in [0.15, 0.2) is 22.8 Å². The summed E-state index contributed by atoms with van der Waals surface area (Å²) in [4.78, 5) is 4.00. The molecule has 0 bridgehead atoms. The largest absolute Gasteiger partial charge is 0.253 e. The summed E-state index contributed by atoms with van der Waals surface area (Å²) in [6.07, 6.45) is 1.50. The average Bonchev–Trinajstić information content (AvgIpc) is 2.16. The molecule has 72 valence electrons. The highest BCUT2D eigenvalue weighted by atomic mass is 79.9. The Balaban J connectivity index is 3.01. The van der Waals surface area contributed by atoms with Crippen LogP contribution < -0.4 is 0 Å². The van der Waals surface area contributed by atoms with E-state index in [1.807, 2.05) is 0 Å². The highest BCUT2D eigenvalue weighted by molar-refractivity contribution is 9.10. The summed E-state index contributed by atoms with van der Waals surface area (Å²) in [5.74, 6) is -0.428. The molecule has 0 amide bonds. The third-order valence-electron chi connectivity index (χ3n) is 1.81. The van der Waals surface area contributed by atoms with Crippen molar-refractivity contribution in [1.82, 2.24) is 4.98 Å². The van der Waals surface area contributed by atoms with Gasteiger partial charge in [0.2, 0.25) is 0 Å². The van der Waals surface area contributed by atoms with Crippen molar-refractivity contribution in [3.63, 3.8) is 0 Å². The normalized spacial score (nSPS) is 10.9. The van der Waals surface area contributed by atoms with E-state index in [4.69, 9.17) is 23.2 Å². The van der Waals surface area contributed by atoms with Crippen molar-refractivity contribution in [3.8, 4) is 0 Å². The molecule has 0 N–H and O–H groups in total. The molecule has 0 saturated carbocycles. The average molecular weight is 295 g/mol. The van der Waals surface area contributed by atoms with Crippen LogP contribution in [0.3, 0.4) is 0 Å². The fraction of sp³-hybridized carbons (Fsp3) is 0. The number of hydrogen-bond acceptors (Lipinski definition) is 1. The zero-order valence-electron chi connectivity index (χ0n) is 6.69. The minimum Gasteiger partial charge on any atom is -0.253 e. The molecule has 1 aromatic carbocycles. The second-order valence-corrected chi connectivity index (χ2v) is 4.31. The SMILES string of the molecule is Fc1ccc(Cl)c2ncc(Br)c(Cl)c12. The van der Waals surface area contributed by atoms with Gasteiger partial charge in [0.1, 0.15) is 5.82 Å². The lowest BCUT2D eigenvalue weighted by Crippen LogP contribution is -1.86. The van der Waals surface area contributed by atoms with Gasteiger partial charge in [-0.1, -0.05) is 23.2 Å². The molecule has 0 saturated heterocycles. The van der Waals surface area contributed by atoms with Crippen LogP contribution in [-0.4, -0.2) is 4.98 Å². The van der Waals surface area contributed by atoms with E-state index in [2.05, 4.69) is 20.9 Å². The number of pyridine rings is 1. The first kappa shape index (κ1) is 10.1. The van der Waals surface area contributed by atoms with E-state index < -0.39 is 5.82 Å². The summed E-state index contributed by atoms with van der Waals surface area (Å²) in [7, 11) is 0. The van der Waals surface area contributed by atoms with Gasteiger partial charge in [0, 0.05) is 6.20 Å². The van der Waals surface area contributed by atoms with Crippen molar-refractivity contribution in [2.24, 2.45) is 0 Å². The van der Waals surface area contributed by atoms with Crippen LogP contribution in [0.1, 0.15) is 0 Å². The zero-order valence-corrected chi connectivity index (χ0v) is 9.79. The van der Waals surface area contributed by atoms with Crippen LogP contribution in [0.4, 0.5) is 4.39 Å². The molecular weight excluding hydrogens is 292 g/mol. The minimum atomic E-state index is -0.428. The number of aromatic nitrogens is 1. The molecule has 0 radical (unpaired) electrons. The highest BCUT2D eigenvalue weighted by Gasteiger charge is 2.11. The van der Waals surface area contributed by atoms with Crippen LogP contribution in [0.2, 0.25) is 10.0 Å². The van der Waals surface area contributed by atoms with E-state index in [0.29, 0.717) is 15.0 Å². The summed E-state index contributed by atoms with van der Waals surface area (Å²) < 4.78 is 14.0. The quantitative estimate of drug-likeness (QED) is 0.700. The number of rotatable bonds is 0. The van der Waals surface area contributed by atoms with Gasteiger partial charge >= 0.3 is 0 Å². The predicted molar refractivity (Wildman–Crippen MR) is 59.4 cm³/mol. The topological polar surface area (TPSA) is 12.9 Å². The van der Waals surface area contributed by atoms with E-state index in [1.54, 1.807) is 0 Å². The number of hydrogen-bond donors (Lipinski definition) is 0. The van der Waals surface area contributed by atoms with E-state index in [0.717, 1.165) is 0 Å². The van der Waals surface area contributed by atoms with E-state index >= 15 is 0 Å². The zero-order chi connectivity index (χ0) is 10.3. The summed E-state index contributed by atoms with van der Waals surface area (Å²) in [5.41, 5.74) is 0.375. The lowest BCUT2D eigenvalue weighted by Gasteiger charge is -2.04. The summed E-state index contributed by atoms with van der Waals surface area (Å²) in [6.45, 7) is 0. The molecule has 0 atom stereocenters. The minimum absolute atomic E-state index is 0.244. The van der Waals surface area contributed by atoms with Gasteiger partial charge in [0.05, 0.1) is 25.4 Å². The van der Waals surface area contributed by atoms with Crippen LogP contribution in [0, 0.1) is 5.82 Å². The molecule has 2 rings (SSSR count). The molecule has 2 aromatic rings. The van der Waals surface area contributed by atoms with Crippen molar-refractivity contribution < 1.29 is 4.39 Å². The van der Waals surface area contributed by atoms with Crippen LogP contribution >= 0.6 is 39.1 Å². The smallest absolute Gasteiger partial charge is 0.134 e. The van der Waals surface area contributed by atoms with Gasteiger partial charge in [-0.2, -0.15) is 0 Å². The molecule has 1 aromatic heterocycles. The lowest BCUT2D eigenvalue weighted by atomic mass is 10.2. The highest BCUT2D eigenvalue weighted by Crippen LogP contribution is 2.34. The van der Waals surface area contributed by atoms with Crippen LogP contribution in [-0.2, 0) is 0 Å². The molecule has 0 spiro atoms. The summed E-state index contributed by atoms with van der Waals surface area (Å²) in [6, 6.07) is 2.72. The maximum Gasteiger partial charge on any atom is 0.134 e. The number of halogens is 4. The third kappa shape index (κ3) is 1.49. The summed E-state index contributed by atoms with van der Waals surface area (Å²) in [5, 5.41) is 0.916. The Bertz CT molecular complexity index is 516. The van der Waals surface area contributed by atoms with Crippen molar-refractivity contribution >= 4 is 50.0 Å². The fourth-order valence-corrected chi connectivity index (χ4v) is 1.91. The molecule has 0 aliphatic heterocycles. The Morgan fingerprint density at radius 3 is 2.71 bits per heavy atom. The number of fused-ring (bicyclic) bond motifs is 1. The molecule has 14 heavy (non-hydrogen) atoms. The van der Waals surface area contributed by atoms with Gasteiger partial charge in [-0.15, -0.1) is 0 Å². The second kappa shape index (κ2) is 3.65. The molecule has 0 unspecified atom stereocenters. The first-order valence-electron chi connectivity index (χ1n) is 3.69. The molecule has 0 fully saturated rings. The fourth-order valence-electron chi connectivity index (χ4n) is 1.17. The lowest BCUT2D eigenvalue weighted by molar-refractivity contribution is 0.639. The predicted octanol–water partition coefficient (Wildman–Crippen LogP) is 4.44. The van der Waals surface area contributed by atoms with Gasteiger partial charge in [0.25, 0.3) is 0 Å². The Morgan fingerprint density at radius 1 is 1.29 bits per heavy atom. The van der Waals surface area contributed by atoms with Crippen LogP contribution in [0.5, 0.6) is 0 Å². The third-order valence-corrected chi connectivity index (χ3v) is 3.34. The van der Waals surface area contributed by atoms with Crippen molar-refractivity contribution in [1.29, 1.82) is 0 Å². The van der Waals surface area contributed by atoms with Gasteiger partial charge in [-0.3, -0.25) is 4.98 Å². The number of nitrogens with zero attached hydrogens (tertiary/aromatic N) is 1. The monoisotopic (exact) mass is 293 g/mol. The molecule has 0 aliphatic rings. The van der Waals surface area contributed by atoms with Crippen molar-refractivity contribution in [2.75, 3.05) is 0 Å². The van der Waals surface area contributed by atoms with Crippen molar-refractivity contribution in [2.45, 2.75) is 0 Å². The Kier molecular flexibility index (Phi) is 2.64.